The van der Waals surface area contributed by atoms with E-state index in [1.807, 2.05) is 29.1 Å². The van der Waals surface area contributed by atoms with E-state index in [1.54, 1.807) is 6.20 Å². The first-order valence-electron chi connectivity index (χ1n) is 10.2. The van der Waals surface area contributed by atoms with Crippen molar-refractivity contribution in [2.24, 2.45) is 11.5 Å². The Kier molecular flexibility index (Phi) is 6.50. The molecule has 6 N–H and O–H groups in total. The van der Waals surface area contributed by atoms with Gasteiger partial charge in [0, 0.05) is 37.3 Å². The topological polar surface area (TPSA) is 136 Å². The highest BCUT2D eigenvalue weighted by Gasteiger charge is 2.17. The van der Waals surface area contributed by atoms with Gasteiger partial charge in [-0.15, -0.1) is 0 Å². The third-order valence-corrected chi connectivity index (χ3v) is 5.91. The number of nitrogens with one attached hydrogen (secondary N) is 2. The van der Waals surface area contributed by atoms with Gasteiger partial charge in [0.25, 0.3) is 0 Å². The zero-order valence-electron chi connectivity index (χ0n) is 17.6. The predicted octanol–water partition coefficient (Wildman–Crippen LogP) is 2.65. The van der Waals surface area contributed by atoms with Crippen LogP contribution in [0.5, 0.6) is 0 Å². The minimum atomic E-state index is -0.0945. The Hall–Kier alpha value is -2.95. The number of thioether (sulfide) groups is 1. The molecule has 1 unspecified atom stereocenters. The van der Waals surface area contributed by atoms with Gasteiger partial charge in [0.15, 0.2) is 16.5 Å². The first-order valence-corrected chi connectivity index (χ1v) is 11.2. The summed E-state index contributed by atoms with van der Waals surface area (Å²) in [6.07, 6.45) is 3.69. The van der Waals surface area contributed by atoms with Crippen molar-refractivity contribution in [1.82, 2.24) is 29.9 Å². The van der Waals surface area contributed by atoms with E-state index in [4.69, 9.17) is 21.4 Å². The van der Waals surface area contributed by atoms with Crippen LogP contribution in [0.4, 0.5) is 5.82 Å². The van der Waals surface area contributed by atoms with Crippen molar-refractivity contribution in [2.75, 3.05) is 17.6 Å². The second-order valence-corrected chi connectivity index (χ2v) is 8.61. The van der Waals surface area contributed by atoms with E-state index in [0.29, 0.717) is 29.8 Å². The molecule has 9 nitrogen and oxygen atoms in total. The molecule has 4 rings (SSSR count). The van der Waals surface area contributed by atoms with Crippen LogP contribution >= 0.6 is 11.8 Å². The molecule has 0 saturated carbocycles. The van der Waals surface area contributed by atoms with Crippen molar-refractivity contribution in [3.05, 3.63) is 54.0 Å². The SMILES string of the molecule is CC(C)c1[nH]nc2c(NCc3ccc(-n4cccn4)cc3)nc(SCC(N)CN)nc12. The van der Waals surface area contributed by atoms with Crippen LogP contribution in [0.2, 0.25) is 0 Å². The number of aromatic amines is 1. The largest absolute Gasteiger partial charge is 0.364 e. The summed E-state index contributed by atoms with van der Waals surface area (Å²) in [7, 11) is 0. The van der Waals surface area contributed by atoms with Crippen LogP contribution in [0.3, 0.4) is 0 Å². The molecular formula is C21H27N9S. The molecule has 0 amide bonds. The molecule has 3 aromatic heterocycles. The molecule has 1 atom stereocenters. The third kappa shape index (κ3) is 4.87. The second kappa shape index (κ2) is 9.46. The van der Waals surface area contributed by atoms with E-state index in [0.717, 1.165) is 28.0 Å². The predicted molar refractivity (Wildman–Crippen MR) is 124 cm³/mol. The minimum absolute atomic E-state index is 0.0945. The summed E-state index contributed by atoms with van der Waals surface area (Å²) < 4.78 is 1.83. The first kappa shape index (κ1) is 21.3. The average molecular weight is 438 g/mol. The van der Waals surface area contributed by atoms with Crippen LogP contribution in [-0.4, -0.2) is 48.3 Å². The van der Waals surface area contributed by atoms with E-state index in [2.05, 4.69) is 46.6 Å². The zero-order chi connectivity index (χ0) is 21.8. The molecule has 10 heteroatoms. The van der Waals surface area contributed by atoms with Crippen LogP contribution in [-0.2, 0) is 6.54 Å². The number of nitrogens with two attached hydrogens (primary N) is 2. The number of anilines is 1. The summed E-state index contributed by atoms with van der Waals surface area (Å²) in [6.45, 7) is 5.26. The molecule has 0 spiro atoms. The quantitative estimate of drug-likeness (QED) is 0.232. The summed E-state index contributed by atoms with van der Waals surface area (Å²) in [5, 5.41) is 15.9. The third-order valence-electron chi connectivity index (χ3n) is 4.88. The minimum Gasteiger partial charge on any atom is -0.364 e. The fourth-order valence-electron chi connectivity index (χ4n) is 3.11. The number of H-pyrrole nitrogens is 1. The summed E-state index contributed by atoms with van der Waals surface area (Å²) in [5.74, 6) is 1.63. The van der Waals surface area contributed by atoms with Crippen molar-refractivity contribution < 1.29 is 0 Å². The van der Waals surface area contributed by atoms with Gasteiger partial charge in [0.2, 0.25) is 0 Å². The molecule has 0 aliphatic heterocycles. The number of fused-ring (bicyclic) bond motifs is 1. The fraction of sp³-hybridized carbons (Fsp3) is 0.333. The molecule has 3 heterocycles. The van der Waals surface area contributed by atoms with Gasteiger partial charge in [-0.05, 0) is 29.7 Å². The maximum Gasteiger partial charge on any atom is 0.190 e. The van der Waals surface area contributed by atoms with Gasteiger partial charge in [-0.1, -0.05) is 37.7 Å². The molecule has 0 saturated heterocycles. The fourth-order valence-corrected chi connectivity index (χ4v) is 3.92. The van der Waals surface area contributed by atoms with Crippen molar-refractivity contribution in [2.45, 2.75) is 37.5 Å². The molecule has 0 aliphatic carbocycles. The number of nitrogens with zero attached hydrogens (tertiary/aromatic N) is 5. The monoisotopic (exact) mass is 437 g/mol. The molecule has 0 bridgehead atoms. The number of aromatic nitrogens is 6. The van der Waals surface area contributed by atoms with E-state index in [1.165, 1.54) is 11.8 Å². The molecule has 0 fully saturated rings. The van der Waals surface area contributed by atoms with E-state index < -0.39 is 0 Å². The van der Waals surface area contributed by atoms with E-state index in [9.17, 15) is 0 Å². The lowest BCUT2D eigenvalue weighted by Crippen LogP contribution is -2.31. The molecule has 162 valence electrons. The molecule has 4 aromatic rings. The maximum atomic E-state index is 5.97. The molecule has 0 radical (unpaired) electrons. The summed E-state index contributed by atoms with van der Waals surface area (Å²) in [4.78, 5) is 9.43. The number of hydrogen-bond acceptors (Lipinski definition) is 8. The summed E-state index contributed by atoms with van der Waals surface area (Å²) in [5.41, 5.74) is 16.3. The van der Waals surface area contributed by atoms with Crippen molar-refractivity contribution in [3.63, 3.8) is 0 Å². The average Bonchev–Trinajstić information content (AvgIpc) is 3.46. The normalized spacial score (nSPS) is 12.5. The summed E-state index contributed by atoms with van der Waals surface area (Å²) >= 11 is 1.51. The Bertz CT molecular complexity index is 1120. The van der Waals surface area contributed by atoms with Gasteiger partial charge >= 0.3 is 0 Å². The summed E-state index contributed by atoms with van der Waals surface area (Å²) in [6, 6.07) is 10.0. The van der Waals surface area contributed by atoms with Crippen LogP contribution < -0.4 is 16.8 Å². The zero-order valence-corrected chi connectivity index (χ0v) is 18.4. The standard InChI is InChI=1S/C21H27N9S/c1-13(2)17-18-19(29-28-17)20(27-21(26-18)31-12-15(23)10-22)24-11-14-4-6-16(7-5-14)30-9-3-8-25-30/h3-9,13,15H,10-12,22-23H2,1-2H3,(H,28,29)(H,24,26,27). The van der Waals surface area contributed by atoms with E-state index in [-0.39, 0.29) is 12.0 Å². The van der Waals surface area contributed by atoms with Gasteiger partial charge in [-0.2, -0.15) is 10.2 Å². The molecular weight excluding hydrogens is 410 g/mol. The molecule has 1 aromatic carbocycles. The van der Waals surface area contributed by atoms with Crippen LogP contribution in [0.1, 0.15) is 31.0 Å². The van der Waals surface area contributed by atoms with E-state index >= 15 is 0 Å². The Morgan fingerprint density at radius 3 is 2.65 bits per heavy atom. The lowest BCUT2D eigenvalue weighted by atomic mass is 10.1. The Balaban J connectivity index is 1.56. The first-order chi connectivity index (χ1) is 15.0. The highest BCUT2D eigenvalue weighted by molar-refractivity contribution is 7.99. The molecule has 31 heavy (non-hydrogen) atoms. The lowest BCUT2D eigenvalue weighted by molar-refractivity contribution is 0.761. The van der Waals surface area contributed by atoms with Crippen molar-refractivity contribution >= 4 is 28.6 Å². The maximum absolute atomic E-state index is 5.97. The van der Waals surface area contributed by atoms with Gasteiger partial charge in [-0.25, -0.2) is 14.6 Å². The molecule has 0 aliphatic rings. The lowest BCUT2D eigenvalue weighted by Gasteiger charge is -2.11. The van der Waals surface area contributed by atoms with Gasteiger partial charge < -0.3 is 16.8 Å². The number of rotatable bonds is 9. The van der Waals surface area contributed by atoms with Gasteiger partial charge in [0.05, 0.1) is 11.4 Å². The smallest absolute Gasteiger partial charge is 0.190 e. The van der Waals surface area contributed by atoms with Crippen molar-refractivity contribution in [1.29, 1.82) is 0 Å². The Morgan fingerprint density at radius 1 is 1.16 bits per heavy atom. The van der Waals surface area contributed by atoms with Crippen molar-refractivity contribution in [3.8, 4) is 5.69 Å². The van der Waals surface area contributed by atoms with Gasteiger partial charge in [-0.3, -0.25) is 5.10 Å². The Labute approximate surface area is 185 Å². The number of benzene rings is 1. The highest BCUT2D eigenvalue weighted by atomic mass is 32.2. The van der Waals surface area contributed by atoms with Crippen LogP contribution in [0.25, 0.3) is 16.7 Å². The van der Waals surface area contributed by atoms with Gasteiger partial charge in [0.1, 0.15) is 5.52 Å². The van der Waals surface area contributed by atoms with Crippen LogP contribution in [0, 0.1) is 0 Å². The van der Waals surface area contributed by atoms with Crippen LogP contribution in [0.15, 0.2) is 47.9 Å². The number of hydrogen-bond donors (Lipinski definition) is 4. The highest BCUT2D eigenvalue weighted by Crippen LogP contribution is 2.28. The second-order valence-electron chi connectivity index (χ2n) is 7.62. The Morgan fingerprint density at radius 2 is 1.97 bits per heavy atom.